The molecular weight excluding hydrogens is 456 g/mol. The van der Waals surface area contributed by atoms with Gasteiger partial charge in [-0.25, -0.2) is 0 Å². The molecule has 3 saturated heterocycles. The highest BCUT2D eigenvalue weighted by Gasteiger charge is 2.40. The number of amides is 4. The molecule has 3 heterocycles. The van der Waals surface area contributed by atoms with Crippen molar-refractivity contribution in [3.63, 3.8) is 0 Å². The van der Waals surface area contributed by atoms with E-state index in [1.165, 1.54) is 0 Å². The predicted octanol–water partition coefficient (Wildman–Crippen LogP) is 2.48. The molecule has 3 aliphatic heterocycles. The molecule has 0 aliphatic carbocycles. The van der Waals surface area contributed by atoms with Crippen molar-refractivity contribution in [1.82, 2.24) is 20.4 Å². The minimum atomic E-state index is -0.589. The third-order valence-electron chi connectivity index (χ3n) is 7.55. The van der Waals surface area contributed by atoms with Crippen LogP contribution in [0.25, 0.3) is 0 Å². The van der Waals surface area contributed by atoms with Crippen LogP contribution in [0.4, 0.5) is 0 Å². The first kappa shape index (κ1) is 24.0. The summed E-state index contributed by atoms with van der Waals surface area (Å²) in [5.41, 5.74) is 1.65. The van der Waals surface area contributed by atoms with Crippen molar-refractivity contribution in [3.05, 3.63) is 71.8 Å². The van der Waals surface area contributed by atoms with Crippen LogP contribution in [-0.4, -0.2) is 58.6 Å². The lowest BCUT2D eigenvalue weighted by Gasteiger charge is -2.32. The first-order valence-electron chi connectivity index (χ1n) is 12.8. The van der Waals surface area contributed by atoms with Crippen LogP contribution >= 0.6 is 0 Å². The lowest BCUT2D eigenvalue weighted by molar-refractivity contribution is -0.142. The van der Waals surface area contributed by atoms with Gasteiger partial charge in [0, 0.05) is 13.1 Å². The molecule has 3 fully saturated rings. The molecule has 2 aromatic carbocycles. The average molecular weight is 489 g/mol. The Morgan fingerprint density at radius 1 is 0.583 bits per heavy atom. The number of hydrogen-bond donors (Lipinski definition) is 2. The van der Waals surface area contributed by atoms with Crippen molar-refractivity contribution in [3.8, 4) is 0 Å². The Bertz CT molecular complexity index is 985. The van der Waals surface area contributed by atoms with E-state index in [4.69, 9.17) is 0 Å². The van der Waals surface area contributed by atoms with Crippen molar-refractivity contribution in [2.24, 2.45) is 0 Å². The Morgan fingerprint density at radius 2 is 0.972 bits per heavy atom. The molecule has 4 atom stereocenters. The Balaban J connectivity index is 1.49. The Labute approximate surface area is 211 Å². The standard InChI is InChI=1S/C28H32N4O4/c33-25-17-21(19-9-3-1-4-10-19)29-27(35)23-13-7-16-32(23)26(34)18-22(20-11-5-2-6-12-20)30-28(36)24-14-8-15-31(24)25/h1-6,9-12,21-24H,7-8,13-18H2,(H,29,35)(H,30,36). The summed E-state index contributed by atoms with van der Waals surface area (Å²) in [5, 5.41) is 6.13. The summed E-state index contributed by atoms with van der Waals surface area (Å²) in [5.74, 6) is -0.792. The number of carbonyl (C=O) groups is 4. The number of rotatable bonds is 2. The Hall–Kier alpha value is -3.68. The van der Waals surface area contributed by atoms with Crippen molar-refractivity contribution in [2.75, 3.05) is 13.1 Å². The molecule has 0 radical (unpaired) electrons. The van der Waals surface area contributed by atoms with E-state index in [0.717, 1.165) is 24.0 Å². The van der Waals surface area contributed by atoms with E-state index in [2.05, 4.69) is 10.6 Å². The smallest absolute Gasteiger partial charge is 0.243 e. The molecule has 5 rings (SSSR count). The quantitative estimate of drug-likeness (QED) is 0.679. The number of hydrogen-bond acceptors (Lipinski definition) is 4. The molecule has 188 valence electrons. The summed E-state index contributed by atoms with van der Waals surface area (Å²) >= 11 is 0. The second kappa shape index (κ2) is 10.5. The van der Waals surface area contributed by atoms with Gasteiger partial charge in [-0.3, -0.25) is 19.2 Å². The van der Waals surface area contributed by atoms with Gasteiger partial charge < -0.3 is 20.4 Å². The number of nitrogens with zero attached hydrogens (tertiary/aromatic N) is 2. The minimum Gasteiger partial charge on any atom is -0.347 e. The van der Waals surface area contributed by atoms with Crippen LogP contribution in [0.5, 0.6) is 0 Å². The van der Waals surface area contributed by atoms with Crippen LogP contribution in [-0.2, 0) is 19.2 Å². The maximum atomic E-state index is 13.5. The number of benzene rings is 2. The molecule has 0 spiro atoms. The van der Waals surface area contributed by atoms with E-state index < -0.39 is 24.2 Å². The first-order valence-corrected chi connectivity index (χ1v) is 12.8. The van der Waals surface area contributed by atoms with Crippen LogP contribution in [0.3, 0.4) is 0 Å². The van der Waals surface area contributed by atoms with Gasteiger partial charge >= 0.3 is 0 Å². The number of carbonyl (C=O) groups excluding carboxylic acids is 4. The lowest BCUT2D eigenvalue weighted by atomic mass is 10.00. The van der Waals surface area contributed by atoms with Crippen LogP contribution in [0.1, 0.15) is 61.7 Å². The van der Waals surface area contributed by atoms with Crippen molar-refractivity contribution in [2.45, 2.75) is 62.7 Å². The van der Waals surface area contributed by atoms with Gasteiger partial charge in [-0.15, -0.1) is 0 Å². The highest BCUT2D eigenvalue weighted by molar-refractivity contribution is 5.92. The van der Waals surface area contributed by atoms with Crippen LogP contribution < -0.4 is 10.6 Å². The van der Waals surface area contributed by atoms with E-state index >= 15 is 0 Å². The van der Waals surface area contributed by atoms with Crippen molar-refractivity contribution >= 4 is 23.6 Å². The molecule has 0 bridgehead atoms. The molecule has 4 unspecified atom stereocenters. The summed E-state index contributed by atoms with van der Waals surface area (Å²) < 4.78 is 0. The van der Waals surface area contributed by atoms with Gasteiger partial charge in [0.2, 0.25) is 23.6 Å². The maximum Gasteiger partial charge on any atom is 0.243 e. The molecule has 2 aromatic rings. The zero-order valence-electron chi connectivity index (χ0n) is 20.3. The van der Waals surface area contributed by atoms with E-state index in [9.17, 15) is 19.2 Å². The summed E-state index contributed by atoms with van der Waals surface area (Å²) in [7, 11) is 0. The summed E-state index contributed by atoms with van der Waals surface area (Å²) in [4.78, 5) is 57.1. The third kappa shape index (κ3) is 4.98. The second-order valence-corrected chi connectivity index (χ2v) is 9.84. The van der Waals surface area contributed by atoms with Crippen LogP contribution in [0.15, 0.2) is 60.7 Å². The van der Waals surface area contributed by atoms with E-state index in [1.54, 1.807) is 9.80 Å². The number of fused-ring (bicyclic) bond motifs is 2. The zero-order chi connectivity index (χ0) is 25.1. The van der Waals surface area contributed by atoms with E-state index in [-0.39, 0.29) is 36.5 Å². The normalized spacial score (nSPS) is 27.7. The summed E-state index contributed by atoms with van der Waals surface area (Å²) in [6.07, 6.45) is 2.73. The highest BCUT2D eigenvalue weighted by Crippen LogP contribution is 2.28. The third-order valence-corrected chi connectivity index (χ3v) is 7.55. The fourth-order valence-electron chi connectivity index (χ4n) is 5.67. The van der Waals surface area contributed by atoms with Gasteiger partial charge in [0.05, 0.1) is 24.9 Å². The lowest BCUT2D eigenvalue weighted by Crippen LogP contribution is -2.51. The van der Waals surface area contributed by atoms with Gasteiger partial charge in [0.1, 0.15) is 12.1 Å². The van der Waals surface area contributed by atoms with E-state index in [0.29, 0.717) is 25.9 Å². The van der Waals surface area contributed by atoms with Crippen LogP contribution in [0, 0.1) is 0 Å². The van der Waals surface area contributed by atoms with Crippen molar-refractivity contribution in [1.29, 1.82) is 0 Å². The molecule has 36 heavy (non-hydrogen) atoms. The number of nitrogens with one attached hydrogen (secondary N) is 2. The average Bonchev–Trinajstić information content (AvgIpc) is 3.59. The Kier molecular flexibility index (Phi) is 7.02. The predicted molar refractivity (Wildman–Crippen MR) is 133 cm³/mol. The first-order chi connectivity index (χ1) is 17.5. The maximum absolute atomic E-state index is 13.5. The molecule has 8 nitrogen and oxygen atoms in total. The molecular formula is C28H32N4O4. The summed E-state index contributed by atoms with van der Waals surface area (Å²) in [6, 6.07) is 16.6. The van der Waals surface area contributed by atoms with Gasteiger partial charge in [0.15, 0.2) is 0 Å². The highest BCUT2D eigenvalue weighted by atomic mass is 16.2. The SMILES string of the molecule is O=C1NC(c2ccccc2)CC(=O)N2CCCC2C(=O)NC(c2ccccc2)CC(=O)N2CCCC12. The largest absolute Gasteiger partial charge is 0.347 e. The molecule has 2 N–H and O–H groups in total. The van der Waals surface area contributed by atoms with Gasteiger partial charge in [-0.2, -0.15) is 0 Å². The fraction of sp³-hybridized carbons (Fsp3) is 0.429. The minimum absolute atomic E-state index is 0.0579. The fourth-order valence-corrected chi connectivity index (χ4v) is 5.67. The second-order valence-electron chi connectivity index (χ2n) is 9.84. The molecule has 0 saturated carbocycles. The zero-order valence-corrected chi connectivity index (χ0v) is 20.3. The van der Waals surface area contributed by atoms with Gasteiger partial charge in [-0.1, -0.05) is 60.7 Å². The monoisotopic (exact) mass is 488 g/mol. The van der Waals surface area contributed by atoms with Gasteiger partial charge in [0.25, 0.3) is 0 Å². The summed E-state index contributed by atoms with van der Waals surface area (Å²) in [6.45, 7) is 0.995. The van der Waals surface area contributed by atoms with Crippen LogP contribution in [0.2, 0.25) is 0 Å². The van der Waals surface area contributed by atoms with Crippen molar-refractivity contribution < 1.29 is 19.2 Å². The molecule has 3 aliphatic rings. The topological polar surface area (TPSA) is 98.8 Å². The Morgan fingerprint density at radius 3 is 1.36 bits per heavy atom. The molecule has 4 amide bonds. The van der Waals surface area contributed by atoms with Gasteiger partial charge in [-0.05, 0) is 36.8 Å². The molecule has 0 aromatic heterocycles. The van der Waals surface area contributed by atoms with E-state index in [1.807, 2.05) is 60.7 Å². The molecule has 8 heteroatoms.